The molecular formula is C12H31N3O2. The molecule has 1 rings (SSSR count). The highest BCUT2D eigenvalue weighted by Crippen LogP contribution is 1.98. The van der Waals surface area contributed by atoms with Gasteiger partial charge in [-0.3, -0.25) is 9.69 Å². The SMILES string of the molecule is C.CC.CN1CCN(CC(=O)OCCN)CC1.[HH]. The maximum Gasteiger partial charge on any atom is 0.320 e. The summed E-state index contributed by atoms with van der Waals surface area (Å²) in [5, 5.41) is 0. The molecule has 0 atom stereocenters. The Balaban J connectivity index is -0.000000534. The fourth-order valence-corrected chi connectivity index (χ4v) is 1.41. The van der Waals surface area contributed by atoms with E-state index in [1.54, 1.807) is 0 Å². The van der Waals surface area contributed by atoms with Gasteiger partial charge in [0, 0.05) is 34.2 Å². The molecule has 106 valence electrons. The molecule has 1 heterocycles. The lowest BCUT2D eigenvalue weighted by atomic mass is 10.3. The van der Waals surface area contributed by atoms with Crippen molar-refractivity contribution in [2.24, 2.45) is 5.73 Å². The van der Waals surface area contributed by atoms with E-state index in [2.05, 4.69) is 16.8 Å². The number of nitrogens with two attached hydrogens (primary N) is 1. The first-order valence-corrected chi connectivity index (χ1v) is 5.99. The molecule has 2 N–H and O–H groups in total. The highest BCUT2D eigenvalue weighted by atomic mass is 16.5. The molecular weight excluding hydrogens is 218 g/mol. The van der Waals surface area contributed by atoms with E-state index in [9.17, 15) is 4.79 Å². The molecule has 0 saturated carbocycles. The fourth-order valence-electron chi connectivity index (χ4n) is 1.41. The molecule has 5 heteroatoms. The summed E-state index contributed by atoms with van der Waals surface area (Å²) in [6.45, 7) is 9.03. The van der Waals surface area contributed by atoms with E-state index in [-0.39, 0.29) is 14.8 Å². The van der Waals surface area contributed by atoms with Gasteiger partial charge in [0.25, 0.3) is 0 Å². The fraction of sp³-hybridized carbons (Fsp3) is 0.917. The standard InChI is InChI=1S/C9H19N3O2.C2H6.CH4.H2/c1-11-3-5-12(6-4-11)8-9(13)14-7-2-10;1-2;;/h2-8,10H2,1H3;1-2H3;1H4;1H. The van der Waals surface area contributed by atoms with Crippen LogP contribution in [0.2, 0.25) is 0 Å². The summed E-state index contributed by atoms with van der Waals surface area (Å²) in [6, 6.07) is 0. The minimum atomic E-state index is -0.167. The Bertz CT molecular complexity index is 186. The summed E-state index contributed by atoms with van der Waals surface area (Å²) in [7, 11) is 2.09. The first kappa shape index (κ1) is 18.7. The van der Waals surface area contributed by atoms with Gasteiger partial charge in [0.1, 0.15) is 6.61 Å². The Hall–Kier alpha value is -0.650. The van der Waals surface area contributed by atoms with Gasteiger partial charge in [-0.2, -0.15) is 0 Å². The van der Waals surface area contributed by atoms with Crippen LogP contribution >= 0.6 is 0 Å². The molecule has 5 nitrogen and oxygen atoms in total. The number of hydrogen-bond donors (Lipinski definition) is 1. The zero-order valence-corrected chi connectivity index (χ0v) is 10.7. The predicted molar refractivity (Wildman–Crippen MR) is 74.1 cm³/mol. The lowest BCUT2D eigenvalue weighted by Gasteiger charge is -2.31. The molecule has 0 unspecified atom stereocenters. The maximum absolute atomic E-state index is 11.2. The second-order valence-corrected chi connectivity index (χ2v) is 3.59. The lowest BCUT2D eigenvalue weighted by Crippen LogP contribution is -2.46. The number of esters is 1. The number of ether oxygens (including phenoxy) is 1. The third-order valence-corrected chi connectivity index (χ3v) is 2.33. The van der Waals surface area contributed by atoms with E-state index in [0.29, 0.717) is 19.7 Å². The Labute approximate surface area is 107 Å². The summed E-state index contributed by atoms with van der Waals surface area (Å²) < 4.78 is 4.90. The quantitative estimate of drug-likeness (QED) is 0.741. The van der Waals surface area contributed by atoms with E-state index < -0.39 is 0 Å². The van der Waals surface area contributed by atoms with E-state index in [4.69, 9.17) is 10.5 Å². The largest absolute Gasteiger partial charge is 0.463 e. The molecule has 1 saturated heterocycles. The van der Waals surface area contributed by atoms with Gasteiger partial charge >= 0.3 is 5.97 Å². The van der Waals surface area contributed by atoms with Crippen molar-refractivity contribution < 1.29 is 11.0 Å². The molecule has 0 aromatic carbocycles. The van der Waals surface area contributed by atoms with Crippen LogP contribution in [0.1, 0.15) is 22.7 Å². The van der Waals surface area contributed by atoms with Crippen LogP contribution in [-0.2, 0) is 9.53 Å². The molecule has 1 aliphatic heterocycles. The van der Waals surface area contributed by atoms with Gasteiger partial charge in [-0.15, -0.1) is 0 Å². The van der Waals surface area contributed by atoms with Gasteiger partial charge in [-0.25, -0.2) is 0 Å². The van der Waals surface area contributed by atoms with Crippen LogP contribution in [0.4, 0.5) is 0 Å². The topological polar surface area (TPSA) is 58.8 Å². The zero-order valence-electron chi connectivity index (χ0n) is 10.7. The van der Waals surface area contributed by atoms with Crippen molar-refractivity contribution in [3.8, 4) is 0 Å². The highest BCUT2D eigenvalue weighted by Gasteiger charge is 2.16. The molecule has 0 aliphatic carbocycles. The highest BCUT2D eigenvalue weighted by molar-refractivity contribution is 5.71. The van der Waals surface area contributed by atoms with Crippen molar-refractivity contribution in [1.29, 1.82) is 0 Å². The van der Waals surface area contributed by atoms with Crippen molar-refractivity contribution in [2.75, 3.05) is 52.9 Å². The monoisotopic (exact) mass is 249 g/mol. The number of likely N-dealkylation sites (N-methyl/N-ethyl adjacent to an activating group) is 1. The molecule has 17 heavy (non-hydrogen) atoms. The van der Waals surface area contributed by atoms with Crippen LogP contribution in [0, 0.1) is 0 Å². The molecule has 0 amide bonds. The molecule has 1 fully saturated rings. The average molecular weight is 249 g/mol. The number of nitrogens with zero attached hydrogens (tertiary/aromatic N) is 2. The van der Waals surface area contributed by atoms with Crippen LogP contribution in [0.3, 0.4) is 0 Å². The van der Waals surface area contributed by atoms with Gasteiger partial charge in [0.15, 0.2) is 0 Å². The van der Waals surface area contributed by atoms with Crippen LogP contribution in [-0.4, -0.2) is 68.7 Å². The van der Waals surface area contributed by atoms with E-state index in [1.807, 2.05) is 13.8 Å². The summed E-state index contributed by atoms with van der Waals surface area (Å²) in [6.07, 6.45) is 0. The first-order valence-electron chi connectivity index (χ1n) is 5.99. The summed E-state index contributed by atoms with van der Waals surface area (Å²) in [5.41, 5.74) is 5.23. The Kier molecular flexibility index (Phi) is 13.0. The molecule has 1 aliphatic rings. The van der Waals surface area contributed by atoms with E-state index in [1.165, 1.54) is 0 Å². The Morgan fingerprint density at radius 1 is 1.29 bits per heavy atom. The number of hydrogen-bond acceptors (Lipinski definition) is 5. The van der Waals surface area contributed by atoms with Crippen LogP contribution in [0.5, 0.6) is 0 Å². The molecule has 0 radical (unpaired) electrons. The summed E-state index contributed by atoms with van der Waals surface area (Å²) >= 11 is 0. The zero-order chi connectivity index (χ0) is 12.4. The predicted octanol–water partition coefficient (Wildman–Crippen LogP) is 0.644. The average Bonchev–Trinajstić information content (AvgIpc) is 2.32. The normalized spacial score (nSPS) is 16.5. The van der Waals surface area contributed by atoms with Gasteiger partial charge in [0.2, 0.25) is 0 Å². The van der Waals surface area contributed by atoms with Gasteiger partial charge in [0.05, 0.1) is 6.54 Å². The third-order valence-electron chi connectivity index (χ3n) is 2.33. The molecule has 0 spiro atoms. The first-order chi connectivity index (χ1) is 7.72. The smallest absolute Gasteiger partial charge is 0.320 e. The minimum absolute atomic E-state index is 0. The second kappa shape index (κ2) is 11.8. The van der Waals surface area contributed by atoms with Crippen molar-refractivity contribution >= 4 is 5.97 Å². The number of carbonyl (C=O) groups is 1. The van der Waals surface area contributed by atoms with Gasteiger partial charge in [-0.1, -0.05) is 21.3 Å². The second-order valence-electron chi connectivity index (χ2n) is 3.59. The van der Waals surface area contributed by atoms with Crippen molar-refractivity contribution in [2.45, 2.75) is 21.3 Å². The minimum Gasteiger partial charge on any atom is -0.463 e. The molecule has 0 aromatic rings. The van der Waals surface area contributed by atoms with Crippen molar-refractivity contribution in [3.63, 3.8) is 0 Å². The van der Waals surface area contributed by atoms with Crippen LogP contribution in [0.25, 0.3) is 0 Å². The lowest BCUT2D eigenvalue weighted by molar-refractivity contribution is -0.145. The maximum atomic E-state index is 11.2. The number of piperazine rings is 1. The van der Waals surface area contributed by atoms with Crippen molar-refractivity contribution in [1.82, 2.24) is 9.80 Å². The van der Waals surface area contributed by atoms with Crippen LogP contribution in [0.15, 0.2) is 0 Å². The van der Waals surface area contributed by atoms with E-state index >= 15 is 0 Å². The molecule has 0 bridgehead atoms. The van der Waals surface area contributed by atoms with E-state index in [0.717, 1.165) is 26.2 Å². The Morgan fingerprint density at radius 2 is 1.82 bits per heavy atom. The van der Waals surface area contributed by atoms with Crippen molar-refractivity contribution in [3.05, 3.63) is 0 Å². The van der Waals surface area contributed by atoms with Gasteiger partial charge < -0.3 is 15.4 Å². The van der Waals surface area contributed by atoms with Crippen LogP contribution < -0.4 is 5.73 Å². The molecule has 0 aromatic heterocycles. The van der Waals surface area contributed by atoms with Gasteiger partial charge in [-0.05, 0) is 7.05 Å². The summed E-state index contributed by atoms with van der Waals surface area (Å²) in [4.78, 5) is 15.6. The Morgan fingerprint density at radius 3 is 2.29 bits per heavy atom. The third kappa shape index (κ3) is 9.09. The number of rotatable bonds is 4. The number of carbonyl (C=O) groups excluding carboxylic acids is 1. The summed E-state index contributed by atoms with van der Waals surface area (Å²) in [5.74, 6) is -0.167.